The van der Waals surface area contributed by atoms with Crippen LogP contribution in [0.1, 0.15) is 18.4 Å². The van der Waals surface area contributed by atoms with Crippen molar-refractivity contribution >= 4 is 6.09 Å². The maximum atomic E-state index is 11.5. The van der Waals surface area contributed by atoms with Crippen molar-refractivity contribution < 1.29 is 19.0 Å². The van der Waals surface area contributed by atoms with Crippen molar-refractivity contribution in [3.8, 4) is 11.5 Å². The number of piperidine rings is 1. The highest BCUT2D eigenvalue weighted by molar-refractivity contribution is 5.67. The van der Waals surface area contributed by atoms with E-state index in [-0.39, 0.29) is 6.09 Å². The minimum Gasteiger partial charge on any atom is -0.493 e. The van der Waals surface area contributed by atoms with Crippen molar-refractivity contribution in [2.45, 2.75) is 19.3 Å². The smallest absolute Gasteiger partial charge is 0.409 e. The Labute approximate surface area is 125 Å². The summed E-state index contributed by atoms with van der Waals surface area (Å²) in [5, 5.41) is 0. The Morgan fingerprint density at radius 2 is 1.81 bits per heavy atom. The molecule has 0 spiro atoms. The first-order valence-electron chi connectivity index (χ1n) is 7.21. The molecular weight excluding hydrogens is 270 g/mol. The number of likely N-dealkylation sites (tertiary alicyclic amines) is 1. The van der Waals surface area contributed by atoms with Gasteiger partial charge < -0.3 is 19.1 Å². The molecule has 1 amide bonds. The van der Waals surface area contributed by atoms with Crippen molar-refractivity contribution in [2.75, 3.05) is 34.4 Å². The van der Waals surface area contributed by atoms with Crippen LogP contribution in [0.15, 0.2) is 18.2 Å². The molecule has 1 heterocycles. The fourth-order valence-electron chi connectivity index (χ4n) is 2.79. The Morgan fingerprint density at radius 3 is 2.38 bits per heavy atom. The number of benzene rings is 1. The molecule has 0 bridgehead atoms. The van der Waals surface area contributed by atoms with Crippen LogP contribution in [0.3, 0.4) is 0 Å². The molecule has 1 aliphatic heterocycles. The van der Waals surface area contributed by atoms with E-state index in [0.29, 0.717) is 5.92 Å². The highest BCUT2D eigenvalue weighted by Gasteiger charge is 2.23. The minimum absolute atomic E-state index is 0.223. The van der Waals surface area contributed by atoms with Crippen LogP contribution in [0, 0.1) is 5.92 Å². The number of amides is 1. The fourth-order valence-corrected chi connectivity index (χ4v) is 2.79. The van der Waals surface area contributed by atoms with Gasteiger partial charge in [0, 0.05) is 13.1 Å². The molecule has 1 fully saturated rings. The van der Waals surface area contributed by atoms with Gasteiger partial charge in [0.1, 0.15) is 0 Å². The number of carbonyl (C=O) groups excluding carboxylic acids is 1. The zero-order valence-corrected chi connectivity index (χ0v) is 12.9. The van der Waals surface area contributed by atoms with E-state index in [9.17, 15) is 4.79 Å². The summed E-state index contributed by atoms with van der Waals surface area (Å²) in [5.74, 6) is 2.10. The van der Waals surface area contributed by atoms with Crippen molar-refractivity contribution in [1.82, 2.24) is 4.90 Å². The Morgan fingerprint density at radius 1 is 1.14 bits per heavy atom. The van der Waals surface area contributed by atoms with Crippen LogP contribution in [-0.4, -0.2) is 45.4 Å². The van der Waals surface area contributed by atoms with E-state index in [4.69, 9.17) is 14.2 Å². The molecule has 2 rings (SSSR count). The van der Waals surface area contributed by atoms with Crippen molar-refractivity contribution in [1.29, 1.82) is 0 Å². The van der Waals surface area contributed by atoms with Gasteiger partial charge in [-0.15, -0.1) is 0 Å². The monoisotopic (exact) mass is 293 g/mol. The van der Waals surface area contributed by atoms with Crippen LogP contribution in [-0.2, 0) is 11.2 Å². The second-order valence-corrected chi connectivity index (χ2v) is 5.29. The van der Waals surface area contributed by atoms with Gasteiger partial charge in [0.05, 0.1) is 21.3 Å². The molecule has 5 nitrogen and oxygen atoms in total. The fraction of sp³-hybridized carbons (Fsp3) is 0.562. The van der Waals surface area contributed by atoms with Crippen LogP contribution < -0.4 is 9.47 Å². The van der Waals surface area contributed by atoms with Crippen LogP contribution >= 0.6 is 0 Å². The number of hydrogen-bond acceptors (Lipinski definition) is 4. The Kier molecular flexibility index (Phi) is 5.31. The van der Waals surface area contributed by atoms with E-state index in [0.717, 1.165) is 43.9 Å². The van der Waals surface area contributed by atoms with Crippen LogP contribution in [0.2, 0.25) is 0 Å². The van der Waals surface area contributed by atoms with E-state index in [1.807, 2.05) is 12.1 Å². The molecule has 0 unspecified atom stereocenters. The summed E-state index contributed by atoms with van der Waals surface area (Å²) < 4.78 is 15.3. The zero-order chi connectivity index (χ0) is 15.2. The quantitative estimate of drug-likeness (QED) is 0.856. The van der Waals surface area contributed by atoms with Gasteiger partial charge in [-0.1, -0.05) is 6.07 Å². The second kappa shape index (κ2) is 7.20. The van der Waals surface area contributed by atoms with Gasteiger partial charge in [0.2, 0.25) is 0 Å². The predicted molar refractivity (Wildman–Crippen MR) is 80.0 cm³/mol. The summed E-state index contributed by atoms with van der Waals surface area (Å²) in [7, 11) is 4.72. The Hall–Kier alpha value is -1.91. The molecule has 0 saturated carbocycles. The highest BCUT2D eigenvalue weighted by atomic mass is 16.5. The summed E-state index contributed by atoms with van der Waals surface area (Å²) in [4.78, 5) is 13.2. The molecule has 116 valence electrons. The summed E-state index contributed by atoms with van der Waals surface area (Å²) in [6.07, 6.45) is 2.78. The van der Waals surface area contributed by atoms with Crippen molar-refractivity contribution in [2.24, 2.45) is 5.92 Å². The Balaban J connectivity index is 1.93. The van der Waals surface area contributed by atoms with Gasteiger partial charge in [-0.2, -0.15) is 0 Å². The van der Waals surface area contributed by atoms with Gasteiger partial charge in [-0.3, -0.25) is 0 Å². The van der Waals surface area contributed by atoms with Crippen LogP contribution in [0.4, 0.5) is 4.79 Å². The van der Waals surface area contributed by atoms with Crippen LogP contribution in [0.5, 0.6) is 11.5 Å². The standard InChI is InChI=1S/C16H23NO4/c1-19-14-5-4-13(11-15(14)20-2)10-12-6-8-17(9-7-12)16(18)21-3/h4-5,11-12H,6-10H2,1-3H3. The van der Waals surface area contributed by atoms with E-state index in [2.05, 4.69) is 6.07 Å². The molecule has 1 aromatic rings. The predicted octanol–water partition coefficient (Wildman–Crippen LogP) is 2.72. The van der Waals surface area contributed by atoms with E-state index in [1.54, 1.807) is 19.1 Å². The lowest BCUT2D eigenvalue weighted by molar-refractivity contribution is 0.106. The molecule has 0 aromatic heterocycles. The lowest BCUT2D eigenvalue weighted by Gasteiger charge is -2.31. The van der Waals surface area contributed by atoms with Crippen molar-refractivity contribution in [3.63, 3.8) is 0 Å². The van der Waals surface area contributed by atoms with Gasteiger partial charge >= 0.3 is 6.09 Å². The summed E-state index contributed by atoms with van der Waals surface area (Å²) in [6, 6.07) is 6.05. The lowest BCUT2D eigenvalue weighted by atomic mass is 9.90. The number of hydrogen-bond donors (Lipinski definition) is 0. The molecule has 1 aliphatic rings. The maximum Gasteiger partial charge on any atom is 0.409 e. The summed E-state index contributed by atoms with van der Waals surface area (Å²) >= 11 is 0. The van der Waals surface area contributed by atoms with Gasteiger partial charge in [-0.05, 0) is 42.9 Å². The molecule has 0 aliphatic carbocycles. The molecule has 1 aromatic carbocycles. The average Bonchev–Trinajstić information content (AvgIpc) is 2.54. The second-order valence-electron chi connectivity index (χ2n) is 5.29. The molecule has 0 radical (unpaired) electrons. The highest BCUT2D eigenvalue weighted by Crippen LogP contribution is 2.30. The molecular formula is C16H23NO4. The third-order valence-corrected chi connectivity index (χ3v) is 4.02. The third kappa shape index (κ3) is 3.80. The number of nitrogens with zero attached hydrogens (tertiary/aromatic N) is 1. The van der Waals surface area contributed by atoms with Crippen LogP contribution in [0.25, 0.3) is 0 Å². The number of carbonyl (C=O) groups is 1. The first kappa shape index (κ1) is 15.5. The minimum atomic E-state index is -0.223. The average molecular weight is 293 g/mol. The SMILES string of the molecule is COC(=O)N1CCC(Cc2ccc(OC)c(OC)c2)CC1. The topological polar surface area (TPSA) is 48.0 Å². The summed E-state index contributed by atoms with van der Waals surface area (Å²) in [5.41, 5.74) is 1.24. The molecule has 1 saturated heterocycles. The first-order valence-corrected chi connectivity index (χ1v) is 7.21. The van der Waals surface area contributed by atoms with Gasteiger partial charge in [0.25, 0.3) is 0 Å². The largest absolute Gasteiger partial charge is 0.493 e. The maximum absolute atomic E-state index is 11.5. The molecule has 21 heavy (non-hydrogen) atoms. The summed E-state index contributed by atoms with van der Waals surface area (Å²) in [6.45, 7) is 1.54. The van der Waals surface area contributed by atoms with E-state index < -0.39 is 0 Å². The van der Waals surface area contributed by atoms with Gasteiger partial charge in [0.15, 0.2) is 11.5 Å². The molecule has 0 N–H and O–H groups in total. The zero-order valence-electron chi connectivity index (χ0n) is 12.9. The normalized spacial score (nSPS) is 15.7. The number of ether oxygens (including phenoxy) is 3. The van der Waals surface area contributed by atoms with E-state index in [1.165, 1.54) is 12.7 Å². The lowest BCUT2D eigenvalue weighted by Crippen LogP contribution is -2.38. The molecule has 5 heteroatoms. The van der Waals surface area contributed by atoms with Crippen molar-refractivity contribution in [3.05, 3.63) is 23.8 Å². The number of rotatable bonds is 4. The van der Waals surface area contributed by atoms with E-state index >= 15 is 0 Å². The first-order chi connectivity index (χ1) is 10.2. The Bertz CT molecular complexity index is 481. The number of methoxy groups -OCH3 is 3. The van der Waals surface area contributed by atoms with Gasteiger partial charge in [-0.25, -0.2) is 4.79 Å². The third-order valence-electron chi connectivity index (χ3n) is 4.02. The molecule has 0 atom stereocenters.